The Morgan fingerprint density at radius 3 is 2.39 bits per heavy atom. The zero-order valence-electron chi connectivity index (χ0n) is 11.3. The molecule has 100 valence electrons. The van der Waals surface area contributed by atoms with Gasteiger partial charge in [0.15, 0.2) is 0 Å². The molecule has 0 saturated heterocycles. The quantitative estimate of drug-likeness (QED) is 0.859. The molecule has 3 nitrogen and oxygen atoms in total. The lowest BCUT2D eigenvalue weighted by atomic mass is 9.98. The number of benzene rings is 1. The first-order valence-electron chi connectivity index (χ1n) is 6.00. The van der Waals surface area contributed by atoms with Crippen molar-refractivity contribution in [2.45, 2.75) is 45.6 Å². The number of hydroxylamine groups is 1. The van der Waals surface area contributed by atoms with Crippen LogP contribution in [-0.2, 0) is 9.63 Å². The molecule has 0 fully saturated rings. The van der Waals surface area contributed by atoms with Crippen molar-refractivity contribution >= 4 is 21.8 Å². The van der Waals surface area contributed by atoms with E-state index in [1.54, 1.807) is 0 Å². The van der Waals surface area contributed by atoms with E-state index < -0.39 is 0 Å². The Bertz CT molecular complexity index is 395. The van der Waals surface area contributed by atoms with Crippen LogP contribution in [0.3, 0.4) is 0 Å². The molecule has 18 heavy (non-hydrogen) atoms. The van der Waals surface area contributed by atoms with E-state index in [9.17, 15) is 4.79 Å². The number of amides is 1. The molecule has 0 aromatic heterocycles. The third-order valence-electron chi connectivity index (χ3n) is 2.40. The molecule has 4 heteroatoms. The lowest BCUT2D eigenvalue weighted by Crippen LogP contribution is -2.34. The molecule has 1 rings (SSSR count). The minimum atomic E-state index is -0.365. The van der Waals surface area contributed by atoms with Crippen LogP contribution in [0.5, 0.6) is 0 Å². The molecular weight excluding hydrogens is 294 g/mol. The molecule has 0 radical (unpaired) electrons. The summed E-state index contributed by atoms with van der Waals surface area (Å²) in [6.45, 7) is 7.71. The monoisotopic (exact) mass is 313 g/mol. The Morgan fingerprint density at radius 1 is 1.33 bits per heavy atom. The first-order chi connectivity index (χ1) is 8.28. The highest BCUT2D eigenvalue weighted by Gasteiger charge is 2.15. The van der Waals surface area contributed by atoms with Crippen molar-refractivity contribution in [1.29, 1.82) is 0 Å². The van der Waals surface area contributed by atoms with Gasteiger partial charge in [-0.1, -0.05) is 35.0 Å². The van der Waals surface area contributed by atoms with Crippen LogP contribution in [0.15, 0.2) is 28.7 Å². The van der Waals surface area contributed by atoms with Gasteiger partial charge in [0, 0.05) is 10.9 Å². The Labute approximate surface area is 117 Å². The highest BCUT2D eigenvalue weighted by atomic mass is 79.9. The Balaban J connectivity index is 2.47. The van der Waals surface area contributed by atoms with E-state index >= 15 is 0 Å². The molecule has 1 aromatic rings. The normalized spacial score (nSPS) is 13.2. The van der Waals surface area contributed by atoms with Crippen LogP contribution in [0, 0.1) is 0 Å². The van der Waals surface area contributed by atoms with Crippen molar-refractivity contribution < 1.29 is 9.63 Å². The molecule has 0 aliphatic carbocycles. The Morgan fingerprint density at radius 2 is 1.89 bits per heavy atom. The summed E-state index contributed by atoms with van der Waals surface area (Å²) < 4.78 is 1.04. The van der Waals surface area contributed by atoms with Crippen LogP contribution in [0.4, 0.5) is 0 Å². The SMILES string of the molecule is CC(CC(=O)NOC(C)(C)C)c1ccc(Br)cc1. The van der Waals surface area contributed by atoms with Crippen LogP contribution in [0.1, 0.15) is 45.6 Å². The van der Waals surface area contributed by atoms with E-state index in [2.05, 4.69) is 21.4 Å². The maximum atomic E-state index is 11.7. The van der Waals surface area contributed by atoms with E-state index in [1.165, 1.54) is 0 Å². The maximum absolute atomic E-state index is 11.7. The highest BCUT2D eigenvalue weighted by molar-refractivity contribution is 9.10. The largest absolute Gasteiger partial charge is 0.273 e. The summed E-state index contributed by atoms with van der Waals surface area (Å²) in [5, 5.41) is 0. The van der Waals surface area contributed by atoms with E-state index in [1.807, 2.05) is 52.0 Å². The van der Waals surface area contributed by atoms with Crippen LogP contribution < -0.4 is 5.48 Å². The van der Waals surface area contributed by atoms with Gasteiger partial charge in [0.2, 0.25) is 5.91 Å². The van der Waals surface area contributed by atoms with Crippen molar-refractivity contribution in [3.05, 3.63) is 34.3 Å². The van der Waals surface area contributed by atoms with Gasteiger partial charge in [-0.3, -0.25) is 9.63 Å². The summed E-state index contributed by atoms with van der Waals surface area (Å²) in [7, 11) is 0. The van der Waals surface area contributed by atoms with Gasteiger partial charge in [-0.2, -0.15) is 0 Å². The van der Waals surface area contributed by atoms with Gasteiger partial charge in [-0.05, 0) is 44.4 Å². The van der Waals surface area contributed by atoms with Crippen molar-refractivity contribution in [2.24, 2.45) is 0 Å². The second-order valence-electron chi connectivity index (χ2n) is 5.40. The van der Waals surface area contributed by atoms with Gasteiger partial charge in [0.05, 0.1) is 5.60 Å². The van der Waals surface area contributed by atoms with Gasteiger partial charge in [-0.25, -0.2) is 5.48 Å². The number of halogens is 1. The predicted octanol–water partition coefficient (Wildman–Crippen LogP) is 3.79. The molecule has 0 spiro atoms. The Hall–Kier alpha value is -0.870. The van der Waals surface area contributed by atoms with E-state index in [-0.39, 0.29) is 17.4 Å². The molecule has 0 heterocycles. The second-order valence-corrected chi connectivity index (χ2v) is 6.31. The molecular formula is C14H20BrNO2. The topological polar surface area (TPSA) is 38.3 Å². The number of hydrogen-bond donors (Lipinski definition) is 1. The summed E-state index contributed by atoms with van der Waals surface area (Å²) in [6, 6.07) is 8.00. The van der Waals surface area contributed by atoms with Gasteiger partial charge in [-0.15, -0.1) is 0 Å². The minimum absolute atomic E-state index is 0.0969. The molecule has 0 aliphatic heterocycles. The van der Waals surface area contributed by atoms with Crippen LogP contribution in [0.2, 0.25) is 0 Å². The maximum Gasteiger partial charge on any atom is 0.244 e. The fraction of sp³-hybridized carbons (Fsp3) is 0.500. The van der Waals surface area contributed by atoms with Crippen LogP contribution in [-0.4, -0.2) is 11.5 Å². The zero-order valence-corrected chi connectivity index (χ0v) is 12.9. The standard InChI is InChI=1S/C14H20BrNO2/c1-10(11-5-7-12(15)8-6-11)9-13(17)16-18-14(2,3)4/h5-8,10H,9H2,1-4H3,(H,16,17). The van der Waals surface area contributed by atoms with Gasteiger partial charge in [0.25, 0.3) is 0 Å². The molecule has 1 aromatic carbocycles. The van der Waals surface area contributed by atoms with E-state index in [0.29, 0.717) is 6.42 Å². The van der Waals surface area contributed by atoms with Crippen molar-refractivity contribution in [3.63, 3.8) is 0 Å². The summed E-state index contributed by atoms with van der Waals surface area (Å²) >= 11 is 3.39. The second kappa shape index (κ2) is 6.34. The molecule has 1 unspecified atom stereocenters. The Kier molecular flexibility index (Phi) is 5.35. The summed E-state index contributed by atoms with van der Waals surface area (Å²) in [4.78, 5) is 16.9. The van der Waals surface area contributed by atoms with Crippen molar-refractivity contribution in [1.82, 2.24) is 5.48 Å². The fourth-order valence-corrected chi connectivity index (χ4v) is 1.70. The van der Waals surface area contributed by atoms with Crippen LogP contribution in [0.25, 0.3) is 0 Å². The van der Waals surface area contributed by atoms with Crippen molar-refractivity contribution in [3.8, 4) is 0 Å². The molecule has 1 atom stereocenters. The lowest BCUT2D eigenvalue weighted by molar-refractivity contribution is -0.145. The smallest absolute Gasteiger partial charge is 0.244 e. The molecule has 0 saturated carbocycles. The third kappa shape index (κ3) is 5.65. The number of rotatable bonds is 4. The molecule has 1 N–H and O–H groups in total. The first kappa shape index (κ1) is 15.2. The molecule has 0 aliphatic rings. The summed E-state index contributed by atoms with van der Waals surface area (Å²) in [5.74, 6) is 0.0713. The summed E-state index contributed by atoms with van der Waals surface area (Å²) in [5.41, 5.74) is 3.26. The van der Waals surface area contributed by atoms with Gasteiger partial charge in [0.1, 0.15) is 0 Å². The lowest BCUT2D eigenvalue weighted by Gasteiger charge is -2.20. The van der Waals surface area contributed by atoms with Gasteiger partial charge < -0.3 is 0 Å². The molecule has 1 amide bonds. The average molecular weight is 314 g/mol. The average Bonchev–Trinajstić information content (AvgIpc) is 2.26. The number of carbonyl (C=O) groups is 1. The zero-order chi connectivity index (χ0) is 13.8. The molecule has 0 bridgehead atoms. The van der Waals surface area contributed by atoms with E-state index in [4.69, 9.17) is 4.84 Å². The highest BCUT2D eigenvalue weighted by Crippen LogP contribution is 2.21. The summed E-state index contributed by atoms with van der Waals surface area (Å²) in [6.07, 6.45) is 0.414. The number of hydrogen-bond acceptors (Lipinski definition) is 2. The number of carbonyl (C=O) groups excluding carboxylic acids is 1. The number of nitrogens with one attached hydrogen (secondary N) is 1. The van der Waals surface area contributed by atoms with Crippen LogP contribution >= 0.6 is 15.9 Å². The van der Waals surface area contributed by atoms with E-state index in [0.717, 1.165) is 10.0 Å². The third-order valence-corrected chi connectivity index (χ3v) is 2.93. The predicted molar refractivity (Wildman–Crippen MR) is 76.2 cm³/mol. The van der Waals surface area contributed by atoms with Gasteiger partial charge >= 0.3 is 0 Å². The first-order valence-corrected chi connectivity index (χ1v) is 6.79. The fourth-order valence-electron chi connectivity index (χ4n) is 1.44. The van der Waals surface area contributed by atoms with Crippen molar-refractivity contribution in [2.75, 3.05) is 0 Å². The minimum Gasteiger partial charge on any atom is -0.273 e.